The maximum absolute atomic E-state index is 9.19. The molecule has 0 spiro atoms. The van der Waals surface area contributed by atoms with Gasteiger partial charge in [0.15, 0.2) is 0 Å². The van der Waals surface area contributed by atoms with Crippen molar-refractivity contribution in [2.45, 2.75) is 78.3 Å². The maximum atomic E-state index is 9.19. The van der Waals surface area contributed by atoms with Crippen molar-refractivity contribution in [3.63, 3.8) is 0 Å². The summed E-state index contributed by atoms with van der Waals surface area (Å²) in [6, 6.07) is 44.0. The monoisotopic (exact) mass is 844 g/mol. The van der Waals surface area contributed by atoms with Crippen LogP contribution in [0.3, 0.4) is 0 Å². The van der Waals surface area contributed by atoms with E-state index < -0.39 is 18.0 Å². The first-order valence-corrected chi connectivity index (χ1v) is 20.9. The molecule has 5 rings (SSSR count). The zero-order valence-electron chi connectivity index (χ0n) is 33.3. The molecule has 0 aliphatic carbocycles. The fourth-order valence-corrected chi connectivity index (χ4v) is 9.30. The third kappa shape index (κ3) is 13.5. The normalized spacial score (nSPS) is 12.2. The van der Waals surface area contributed by atoms with Crippen molar-refractivity contribution in [1.29, 1.82) is 0 Å². The predicted octanol–water partition coefficient (Wildman–Crippen LogP) is 11.2. The van der Waals surface area contributed by atoms with Gasteiger partial charge in [0.25, 0.3) is 10.1 Å². The second-order valence-electron chi connectivity index (χ2n) is 15.9. The molecule has 0 saturated carbocycles. The number of para-hydroxylation sites is 1. The van der Waals surface area contributed by atoms with Crippen LogP contribution in [0, 0.1) is 6.07 Å². The molecule has 0 fully saturated rings. The van der Waals surface area contributed by atoms with Crippen LogP contribution in [0.4, 0.5) is 5.69 Å². The zero-order valence-corrected chi connectivity index (χ0v) is 36.7. The van der Waals surface area contributed by atoms with Crippen LogP contribution in [0.5, 0.6) is 5.75 Å². The van der Waals surface area contributed by atoms with Crippen molar-refractivity contribution in [2.24, 2.45) is 0 Å². The Hall–Kier alpha value is -3.30. The predicted molar refractivity (Wildman–Crippen MR) is 227 cm³/mol. The van der Waals surface area contributed by atoms with Crippen molar-refractivity contribution in [3.05, 3.63) is 138 Å². The van der Waals surface area contributed by atoms with Gasteiger partial charge in [-0.25, -0.2) is 0 Å². The van der Waals surface area contributed by atoms with Gasteiger partial charge >= 0.3 is 20.4 Å². The number of hydrogen-bond donors (Lipinski definition) is 1. The van der Waals surface area contributed by atoms with Gasteiger partial charge in [0.2, 0.25) is 0 Å². The molecule has 5 aromatic rings. The van der Waals surface area contributed by atoms with Gasteiger partial charge in [0.05, 0.1) is 31.7 Å². The third-order valence-corrected chi connectivity index (χ3v) is 11.8. The molecule has 286 valence electrons. The molecule has 0 aliphatic rings. The number of ether oxygens (including phenoxy) is 1. The summed E-state index contributed by atoms with van der Waals surface area (Å²) < 4.78 is 32.0. The Morgan fingerprint density at radius 2 is 1.25 bits per heavy atom. The van der Waals surface area contributed by atoms with E-state index in [4.69, 9.17) is 9.29 Å². The minimum absolute atomic E-state index is 0. The Labute approximate surface area is 335 Å². The van der Waals surface area contributed by atoms with Gasteiger partial charge in [-0.1, -0.05) is 108 Å². The molecule has 0 amide bonds. The van der Waals surface area contributed by atoms with Crippen LogP contribution in [0.25, 0.3) is 27.6 Å². The van der Waals surface area contributed by atoms with Crippen LogP contribution in [0.2, 0.25) is 0 Å². The molecule has 0 aromatic heterocycles. The molecule has 1 atom stereocenters. The molecular formula is C45H57NO4PPdS+. The minimum Gasteiger partial charge on any atom is -0.694 e. The molecule has 53 heavy (non-hydrogen) atoms. The largest absolute Gasteiger partial charge is 2.00 e. The fourth-order valence-electron chi connectivity index (χ4n) is 6.05. The first-order valence-electron chi connectivity index (χ1n) is 17.5. The summed E-state index contributed by atoms with van der Waals surface area (Å²) in [6.07, 6.45) is 0.715. The van der Waals surface area contributed by atoms with Gasteiger partial charge in [-0.05, 0) is 67.0 Å². The summed E-state index contributed by atoms with van der Waals surface area (Å²) in [5.74, 6) is 0.975. The molecule has 0 aliphatic heterocycles. The molecule has 0 saturated heterocycles. The van der Waals surface area contributed by atoms with Crippen LogP contribution in [-0.4, -0.2) is 38.5 Å². The first kappa shape index (κ1) is 45.9. The van der Waals surface area contributed by atoms with E-state index in [2.05, 4.69) is 146 Å². The van der Waals surface area contributed by atoms with Gasteiger partial charge in [0, 0.05) is 11.1 Å². The molecule has 0 radical (unpaired) electrons. The molecule has 0 heterocycles. The van der Waals surface area contributed by atoms with E-state index >= 15 is 0 Å². The van der Waals surface area contributed by atoms with E-state index in [1.165, 1.54) is 32.9 Å². The van der Waals surface area contributed by atoms with Gasteiger partial charge in [-0.3, -0.25) is 4.55 Å². The van der Waals surface area contributed by atoms with Crippen molar-refractivity contribution in [2.75, 3.05) is 20.4 Å². The van der Waals surface area contributed by atoms with Crippen LogP contribution in [-0.2, 0) is 41.4 Å². The number of hydrogen-bond acceptors (Lipinski definition) is 3. The molecule has 1 unspecified atom stereocenters. The van der Waals surface area contributed by atoms with Crippen molar-refractivity contribution < 1.29 is 38.1 Å². The van der Waals surface area contributed by atoms with E-state index in [-0.39, 0.29) is 36.4 Å². The third-order valence-electron chi connectivity index (χ3n) is 8.42. The van der Waals surface area contributed by atoms with E-state index in [0.717, 1.165) is 22.6 Å². The minimum atomic E-state index is -3.67. The van der Waals surface area contributed by atoms with Crippen molar-refractivity contribution >= 4 is 34.3 Å². The topological polar surface area (TPSA) is 77.7 Å². The molecule has 8 heteroatoms. The molecular weight excluding hydrogens is 788 g/mol. The Morgan fingerprint density at radius 3 is 1.74 bits per heavy atom. The van der Waals surface area contributed by atoms with Gasteiger partial charge in [-0.2, -0.15) is 14.1 Å². The summed E-state index contributed by atoms with van der Waals surface area (Å²) >= 11 is 0. The molecule has 5 aromatic carbocycles. The molecule has 5 nitrogen and oxygen atoms in total. The van der Waals surface area contributed by atoms with E-state index in [0.29, 0.717) is 6.26 Å². The van der Waals surface area contributed by atoms with Crippen LogP contribution in [0.1, 0.15) is 73.4 Å². The quantitative estimate of drug-likeness (QED) is 0.0799. The van der Waals surface area contributed by atoms with Crippen molar-refractivity contribution in [1.82, 2.24) is 0 Å². The summed E-state index contributed by atoms with van der Waals surface area (Å²) in [7, 11) is -1.12. The fraction of sp³-hybridized carbons (Fsp3) is 0.333. The summed E-state index contributed by atoms with van der Waals surface area (Å²) in [5.41, 5.74) is 8.49. The number of nitrogens with zero attached hydrogens (tertiary/aromatic N) is 1. The number of methoxy groups -OCH3 is 1. The first-order chi connectivity index (χ1) is 24.2. The van der Waals surface area contributed by atoms with E-state index in [1.807, 2.05) is 56.6 Å². The summed E-state index contributed by atoms with van der Waals surface area (Å²) in [6.45, 7) is 20.9. The van der Waals surface area contributed by atoms with Crippen LogP contribution < -0.4 is 15.3 Å². The number of benzene rings is 5. The number of rotatable bonds is 6. The summed E-state index contributed by atoms with van der Waals surface area (Å²) in [5, 5.41) is 7.28. The van der Waals surface area contributed by atoms with Gasteiger partial charge in [-0.15, -0.1) is 48.5 Å². The second-order valence-corrected chi connectivity index (χ2v) is 20.7. The van der Waals surface area contributed by atoms with Gasteiger partial charge < -0.3 is 10.1 Å². The Balaban J connectivity index is 0.000000399. The average Bonchev–Trinajstić information content (AvgIpc) is 3.07. The zero-order chi connectivity index (χ0) is 38.9. The Bertz CT molecular complexity index is 1990. The average molecular weight is 845 g/mol. The summed E-state index contributed by atoms with van der Waals surface area (Å²) in [4.78, 5) is 0. The van der Waals surface area contributed by atoms with Crippen LogP contribution in [0.15, 0.2) is 115 Å². The molecule has 1 N–H and O–H groups in total. The molecule has 0 bridgehead atoms. The van der Waals surface area contributed by atoms with E-state index in [1.54, 1.807) is 0 Å². The van der Waals surface area contributed by atoms with Gasteiger partial charge in [0.1, 0.15) is 11.1 Å². The smallest absolute Gasteiger partial charge is 0.694 e. The SMILES string of the molecule is COc1cc(C(C)(C)C)cc(C(C)(C)C)c1-c1ccccc1[PH+](c1ccccc1)C(C)(C)C.CS(=O)(=O)O.C[N-]c1ccccc1-c1[c-]cccc1.[Pd+2]. The Kier molecular flexibility index (Phi) is 16.7. The standard InChI is InChI=1S/C31H41OP.C13H11N.CH4O3S.Pd/c1-29(2,3)22-20-25(30(4,5)6)28(26(21-22)32-10)24-18-14-15-19-27(24)33(31(7,8)9)23-16-12-11-13-17-23;1-14-13-10-6-5-9-12(13)11-7-3-2-4-8-11;1-5(2,3)4;/h11-21H,1-10H3;2-7,9-10H,1H3;1H3,(H,2,3,4);/q;-2;;+2/p+1. The second kappa shape index (κ2) is 19.3. The van der Waals surface area contributed by atoms with Crippen LogP contribution >= 0.6 is 7.92 Å². The maximum Gasteiger partial charge on any atom is 2.00 e. The van der Waals surface area contributed by atoms with E-state index in [9.17, 15) is 8.42 Å². The van der Waals surface area contributed by atoms with Crippen molar-refractivity contribution in [3.8, 4) is 28.0 Å². The Morgan fingerprint density at radius 1 is 0.717 bits per heavy atom.